The molecule has 0 radical (unpaired) electrons. The second-order valence-electron chi connectivity index (χ2n) is 5.78. The van der Waals surface area contributed by atoms with E-state index in [2.05, 4.69) is 24.3 Å². The third-order valence-corrected chi connectivity index (χ3v) is 4.03. The van der Waals surface area contributed by atoms with Crippen molar-refractivity contribution in [2.24, 2.45) is 5.73 Å². The molecule has 0 aliphatic rings. The monoisotopic (exact) mass is 349 g/mol. The number of nitrogens with two attached hydrogens (primary N) is 1. The molecule has 3 rings (SSSR count). The molecule has 0 aromatic heterocycles. The van der Waals surface area contributed by atoms with Crippen LogP contribution in [0.5, 0.6) is 17.2 Å². The van der Waals surface area contributed by atoms with E-state index in [0.29, 0.717) is 31.3 Å². The highest BCUT2D eigenvalue weighted by atomic mass is 16.5. The van der Waals surface area contributed by atoms with Gasteiger partial charge in [0.1, 0.15) is 19.0 Å². The molecule has 0 aliphatic carbocycles. The lowest BCUT2D eigenvalue weighted by Crippen LogP contribution is -2.09. The van der Waals surface area contributed by atoms with Crippen molar-refractivity contribution in [2.45, 2.75) is 6.54 Å². The maximum absolute atomic E-state index is 5.75. The number of hydrogen-bond acceptors (Lipinski definition) is 4. The first-order valence-electron chi connectivity index (χ1n) is 8.58. The van der Waals surface area contributed by atoms with Gasteiger partial charge in [0.2, 0.25) is 0 Å². The normalized spacial score (nSPS) is 10.4. The van der Waals surface area contributed by atoms with Crippen LogP contribution in [0.2, 0.25) is 0 Å². The van der Waals surface area contributed by atoms with Crippen molar-refractivity contribution in [1.29, 1.82) is 0 Å². The molecule has 3 aromatic rings. The van der Waals surface area contributed by atoms with Gasteiger partial charge in [-0.3, -0.25) is 0 Å². The molecule has 0 saturated heterocycles. The molecule has 0 bridgehead atoms. The highest BCUT2D eigenvalue weighted by molar-refractivity contribution is 5.63. The van der Waals surface area contributed by atoms with E-state index in [1.807, 2.05) is 48.5 Å². The van der Waals surface area contributed by atoms with Crippen LogP contribution in [0.4, 0.5) is 0 Å². The van der Waals surface area contributed by atoms with Crippen LogP contribution >= 0.6 is 0 Å². The quantitative estimate of drug-likeness (QED) is 0.617. The zero-order valence-electron chi connectivity index (χ0n) is 14.9. The summed E-state index contributed by atoms with van der Waals surface area (Å²) in [5.74, 6) is 2.19. The van der Waals surface area contributed by atoms with Crippen molar-refractivity contribution < 1.29 is 14.2 Å². The lowest BCUT2D eigenvalue weighted by Gasteiger charge is -2.12. The minimum absolute atomic E-state index is 0.429. The molecule has 2 N–H and O–H groups in total. The average Bonchev–Trinajstić information content (AvgIpc) is 2.72. The molecule has 0 amide bonds. The summed E-state index contributed by atoms with van der Waals surface area (Å²) >= 11 is 0. The number of methoxy groups -OCH3 is 1. The summed E-state index contributed by atoms with van der Waals surface area (Å²) in [5, 5.41) is 0. The molecule has 0 saturated carbocycles. The van der Waals surface area contributed by atoms with Crippen molar-refractivity contribution in [3.63, 3.8) is 0 Å². The van der Waals surface area contributed by atoms with Gasteiger partial charge < -0.3 is 19.9 Å². The van der Waals surface area contributed by atoms with E-state index in [4.69, 9.17) is 19.9 Å². The standard InChI is InChI=1S/C22H23NO3/c1-24-22-15-17(16-23)7-12-21(22)26-14-13-25-20-10-8-19(9-11-20)18-5-3-2-4-6-18/h2-12,15H,13-14,16,23H2,1H3. The minimum atomic E-state index is 0.429. The first kappa shape index (κ1) is 17.8. The molecule has 26 heavy (non-hydrogen) atoms. The summed E-state index contributed by atoms with van der Waals surface area (Å²) in [6.45, 7) is 1.35. The average molecular weight is 349 g/mol. The largest absolute Gasteiger partial charge is 0.493 e. The second-order valence-corrected chi connectivity index (χ2v) is 5.78. The third kappa shape index (κ3) is 4.55. The van der Waals surface area contributed by atoms with Crippen LogP contribution in [0.15, 0.2) is 72.8 Å². The molecule has 0 atom stereocenters. The van der Waals surface area contributed by atoms with E-state index >= 15 is 0 Å². The van der Waals surface area contributed by atoms with E-state index < -0.39 is 0 Å². The fourth-order valence-corrected chi connectivity index (χ4v) is 2.64. The maximum atomic E-state index is 5.75. The Morgan fingerprint density at radius 3 is 2.12 bits per heavy atom. The van der Waals surface area contributed by atoms with E-state index in [0.717, 1.165) is 11.3 Å². The van der Waals surface area contributed by atoms with E-state index in [-0.39, 0.29) is 0 Å². The van der Waals surface area contributed by atoms with Gasteiger partial charge in [0, 0.05) is 6.54 Å². The molecule has 0 aliphatic heterocycles. The topological polar surface area (TPSA) is 53.7 Å². The van der Waals surface area contributed by atoms with Gasteiger partial charge in [-0.05, 0) is 41.0 Å². The molecule has 134 valence electrons. The van der Waals surface area contributed by atoms with Crippen LogP contribution in [-0.2, 0) is 6.54 Å². The lowest BCUT2D eigenvalue weighted by atomic mass is 10.1. The third-order valence-electron chi connectivity index (χ3n) is 4.03. The van der Waals surface area contributed by atoms with Crippen LogP contribution in [0.3, 0.4) is 0 Å². The van der Waals surface area contributed by atoms with Gasteiger partial charge in [0.05, 0.1) is 7.11 Å². The van der Waals surface area contributed by atoms with Gasteiger partial charge in [-0.15, -0.1) is 0 Å². The zero-order valence-corrected chi connectivity index (χ0v) is 14.9. The van der Waals surface area contributed by atoms with Gasteiger partial charge in [0.25, 0.3) is 0 Å². The van der Waals surface area contributed by atoms with Crippen molar-refractivity contribution in [2.75, 3.05) is 20.3 Å². The zero-order chi connectivity index (χ0) is 18.2. The number of ether oxygens (including phenoxy) is 3. The summed E-state index contributed by atoms with van der Waals surface area (Å²) in [4.78, 5) is 0. The Kier molecular flexibility index (Phi) is 6.12. The first-order valence-corrected chi connectivity index (χ1v) is 8.58. The van der Waals surface area contributed by atoms with Crippen molar-refractivity contribution in [3.05, 3.63) is 78.4 Å². The predicted molar refractivity (Wildman–Crippen MR) is 104 cm³/mol. The highest BCUT2D eigenvalue weighted by Crippen LogP contribution is 2.28. The first-order chi connectivity index (χ1) is 12.8. The Labute approximate surface area is 154 Å². The van der Waals surface area contributed by atoms with Crippen molar-refractivity contribution in [3.8, 4) is 28.4 Å². The maximum Gasteiger partial charge on any atom is 0.161 e. The molecule has 4 heteroatoms. The van der Waals surface area contributed by atoms with Crippen LogP contribution in [-0.4, -0.2) is 20.3 Å². The molecule has 0 fully saturated rings. The van der Waals surface area contributed by atoms with Gasteiger partial charge in [-0.2, -0.15) is 0 Å². The Hall–Kier alpha value is -2.98. The molecule has 4 nitrogen and oxygen atoms in total. The smallest absolute Gasteiger partial charge is 0.161 e. The Balaban J connectivity index is 1.51. The van der Waals surface area contributed by atoms with Gasteiger partial charge in [0.15, 0.2) is 11.5 Å². The lowest BCUT2D eigenvalue weighted by molar-refractivity contribution is 0.211. The van der Waals surface area contributed by atoms with E-state index in [1.165, 1.54) is 11.1 Å². The van der Waals surface area contributed by atoms with Crippen molar-refractivity contribution >= 4 is 0 Å². The van der Waals surface area contributed by atoms with Crippen LogP contribution in [0.25, 0.3) is 11.1 Å². The summed E-state index contributed by atoms with van der Waals surface area (Å²) in [5.41, 5.74) is 9.00. The summed E-state index contributed by atoms with van der Waals surface area (Å²) in [7, 11) is 1.62. The Morgan fingerprint density at radius 1 is 0.731 bits per heavy atom. The van der Waals surface area contributed by atoms with Gasteiger partial charge in [-0.25, -0.2) is 0 Å². The summed E-state index contributed by atoms with van der Waals surface area (Å²) in [6, 6.07) is 24.0. The van der Waals surface area contributed by atoms with Gasteiger partial charge >= 0.3 is 0 Å². The van der Waals surface area contributed by atoms with Crippen LogP contribution < -0.4 is 19.9 Å². The summed E-state index contributed by atoms with van der Waals surface area (Å²) < 4.78 is 16.8. The highest BCUT2D eigenvalue weighted by Gasteiger charge is 2.05. The number of rotatable bonds is 8. The fourth-order valence-electron chi connectivity index (χ4n) is 2.64. The van der Waals surface area contributed by atoms with E-state index in [1.54, 1.807) is 7.11 Å². The molecular formula is C22H23NO3. The molecule has 3 aromatic carbocycles. The van der Waals surface area contributed by atoms with Crippen LogP contribution in [0.1, 0.15) is 5.56 Å². The Morgan fingerprint density at radius 2 is 1.42 bits per heavy atom. The molecule has 0 unspecified atom stereocenters. The van der Waals surface area contributed by atoms with E-state index in [9.17, 15) is 0 Å². The van der Waals surface area contributed by atoms with Crippen LogP contribution in [0, 0.1) is 0 Å². The Bertz CT molecular complexity index is 817. The van der Waals surface area contributed by atoms with Gasteiger partial charge in [-0.1, -0.05) is 48.5 Å². The number of hydrogen-bond donors (Lipinski definition) is 1. The molecule has 0 spiro atoms. The van der Waals surface area contributed by atoms with Crippen molar-refractivity contribution in [1.82, 2.24) is 0 Å². The summed E-state index contributed by atoms with van der Waals surface area (Å²) in [6.07, 6.45) is 0. The molecule has 0 heterocycles. The predicted octanol–water partition coefficient (Wildman–Crippen LogP) is 4.28. The SMILES string of the molecule is COc1cc(CN)ccc1OCCOc1ccc(-c2ccccc2)cc1. The number of benzene rings is 3. The fraction of sp³-hybridized carbons (Fsp3) is 0.182. The molecular weight excluding hydrogens is 326 g/mol. The second kappa shape index (κ2) is 8.92. The minimum Gasteiger partial charge on any atom is -0.493 e.